The molecule has 162 valence electrons. The van der Waals surface area contributed by atoms with Gasteiger partial charge >= 0.3 is 12.4 Å². The van der Waals surface area contributed by atoms with Crippen LogP contribution in [0.15, 0.2) is 48.5 Å². The zero-order valence-electron chi connectivity index (χ0n) is 16.4. The number of rotatable bonds is 7. The van der Waals surface area contributed by atoms with E-state index >= 15 is 0 Å². The molecule has 0 atom stereocenters. The number of ether oxygens (including phenoxy) is 2. The number of carbonyl (C=O) groups excluding carboxylic acids is 1. The molecule has 0 spiro atoms. The Morgan fingerprint density at radius 2 is 1.70 bits per heavy atom. The molecule has 2 amide bonds. The lowest BCUT2D eigenvalue weighted by Gasteiger charge is -2.26. The summed E-state index contributed by atoms with van der Waals surface area (Å²) in [4.78, 5) is 14.4. The van der Waals surface area contributed by atoms with Gasteiger partial charge in [0.2, 0.25) is 0 Å². The van der Waals surface area contributed by atoms with Gasteiger partial charge in [0, 0.05) is 38.3 Å². The second-order valence-electron chi connectivity index (χ2n) is 6.90. The van der Waals surface area contributed by atoms with E-state index in [4.69, 9.17) is 4.74 Å². The number of nitrogens with one attached hydrogen (secondary N) is 2. The third-order valence-corrected chi connectivity index (χ3v) is 4.59. The minimum absolute atomic E-state index is 0.0881. The molecule has 2 aromatic rings. The van der Waals surface area contributed by atoms with Crippen molar-refractivity contribution in [3.8, 4) is 5.75 Å². The lowest BCUT2D eigenvalue weighted by molar-refractivity contribution is -0.274. The number of hydrogen-bond donors (Lipinski definition) is 2. The van der Waals surface area contributed by atoms with Gasteiger partial charge < -0.3 is 20.1 Å². The molecule has 1 aliphatic heterocycles. The van der Waals surface area contributed by atoms with Crippen LogP contribution in [0.5, 0.6) is 5.75 Å². The molecule has 6 nitrogen and oxygen atoms in total. The van der Waals surface area contributed by atoms with Gasteiger partial charge in [0.1, 0.15) is 5.75 Å². The minimum atomic E-state index is -4.79. The van der Waals surface area contributed by atoms with Gasteiger partial charge in [-0.1, -0.05) is 42.5 Å². The van der Waals surface area contributed by atoms with Gasteiger partial charge in [-0.25, -0.2) is 4.79 Å². The zero-order chi connectivity index (χ0) is 21.4. The summed E-state index contributed by atoms with van der Waals surface area (Å²) >= 11 is 0. The Morgan fingerprint density at radius 1 is 1.00 bits per heavy atom. The lowest BCUT2D eigenvalue weighted by Crippen LogP contribution is -2.36. The highest BCUT2D eigenvalue weighted by Gasteiger charge is 2.31. The maximum absolute atomic E-state index is 12.5. The van der Waals surface area contributed by atoms with Crippen molar-refractivity contribution in [1.29, 1.82) is 0 Å². The van der Waals surface area contributed by atoms with E-state index in [1.807, 2.05) is 24.3 Å². The first-order valence-electron chi connectivity index (χ1n) is 9.62. The molecule has 0 unspecified atom stereocenters. The highest BCUT2D eigenvalue weighted by molar-refractivity contribution is 5.73. The van der Waals surface area contributed by atoms with E-state index in [0.29, 0.717) is 6.54 Å². The predicted octanol–water partition coefficient (Wildman–Crippen LogP) is 3.42. The molecule has 0 saturated carbocycles. The first-order chi connectivity index (χ1) is 14.4. The average Bonchev–Trinajstić information content (AvgIpc) is 2.71. The quantitative estimate of drug-likeness (QED) is 0.717. The molecule has 3 rings (SSSR count). The van der Waals surface area contributed by atoms with E-state index in [0.717, 1.165) is 44.0 Å². The number of hydrogen-bond acceptors (Lipinski definition) is 4. The average molecular weight is 423 g/mol. The molecule has 1 saturated heterocycles. The number of benzene rings is 2. The van der Waals surface area contributed by atoms with Crippen LogP contribution in [0, 0.1) is 0 Å². The van der Waals surface area contributed by atoms with Crippen molar-refractivity contribution in [3.63, 3.8) is 0 Å². The summed E-state index contributed by atoms with van der Waals surface area (Å²) < 4.78 is 46.8. The van der Waals surface area contributed by atoms with Crippen molar-refractivity contribution in [2.24, 2.45) is 0 Å². The number of morpholine rings is 1. The summed E-state index contributed by atoms with van der Waals surface area (Å²) in [6.07, 6.45) is -4.79. The van der Waals surface area contributed by atoms with Gasteiger partial charge in [-0.05, 0) is 17.2 Å². The largest absolute Gasteiger partial charge is 0.573 e. The van der Waals surface area contributed by atoms with Crippen LogP contribution in [0.1, 0.15) is 16.7 Å². The van der Waals surface area contributed by atoms with Crippen LogP contribution < -0.4 is 15.4 Å². The number of amides is 2. The van der Waals surface area contributed by atoms with Crippen molar-refractivity contribution in [1.82, 2.24) is 15.5 Å². The van der Waals surface area contributed by atoms with Gasteiger partial charge in [-0.3, -0.25) is 4.90 Å². The number of nitrogens with zero attached hydrogens (tertiary/aromatic N) is 1. The maximum atomic E-state index is 12.5. The van der Waals surface area contributed by atoms with Crippen LogP contribution in [0.4, 0.5) is 18.0 Å². The van der Waals surface area contributed by atoms with Crippen LogP contribution in [0.25, 0.3) is 0 Å². The van der Waals surface area contributed by atoms with Crippen LogP contribution in [0.2, 0.25) is 0 Å². The fourth-order valence-electron chi connectivity index (χ4n) is 3.15. The Kier molecular flexibility index (Phi) is 7.53. The van der Waals surface area contributed by atoms with Gasteiger partial charge in [-0.2, -0.15) is 0 Å². The van der Waals surface area contributed by atoms with Crippen LogP contribution in [-0.4, -0.2) is 43.6 Å². The number of carbonyl (C=O) groups is 1. The predicted molar refractivity (Wildman–Crippen MR) is 105 cm³/mol. The second kappa shape index (κ2) is 10.3. The zero-order valence-corrected chi connectivity index (χ0v) is 16.4. The molecule has 0 aliphatic carbocycles. The van der Waals surface area contributed by atoms with Crippen molar-refractivity contribution in [2.45, 2.75) is 26.0 Å². The van der Waals surface area contributed by atoms with Gasteiger partial charge in [0.15, 0.2) is 0 Å². The molecule has 1 aliphatic rings. The van der Waals surface area contributed by atoms with E-state index in [-0.39, 0.29) is 17.9 Å². The van der Waals surface area contributed by atoms with Crippen molar-refractivity contribution in [2.75, 3.05) is 26.3 Å². The fraction of sp³-hybridized carbons (Fsp3) is 0.381. The Balaban J connectivity index is 1.48. The fourth-order valence-corrected chi connectivity index (χ4v) is 3.15. The summed E-state index contributed by atoms with van der Waals surface area (Å²) in [5, 5.41) is 5.28. The smallest absolute Gasteiger partial charge is 0.405 e. The summed E-state index contributed by atoms with van der Waals surface area (Å²) in [6, 6.07) is 13.1. The highest BCUT2D eigenvalue weighted by atomic mass is 19.4. The van der Waals surface area contributed by atoms with Crippen molar-refractivity contribution >= 4 is 6.03 Å². The molecule has 1 heterocycles. The molecule has 0 bridgehead atoms. The lowest BCUT2D eigenvalue weighted by atomic mass is 10.1. The molecule has 2 aromatic carbocycles. The Morgan fingerprint density at radius 3 is 2.47 bits per heavy atom. The molecule has 1 fully saturated rings. The SMILES string of the molecule is O=C(NCc1cccc(CN2CCOCC2)c1)NCc1ccccc1OC(F)(F)F. The summed E-state index contributed by atoms with van der Waals surface area (Å²) in [7, 11) is 0. The summed E-state index contributed by atoms with van der Waals surface area (Å²) in [5.41, 5.74) is 2.32. The molecular formula is C21H24F3N3O3. The van der Waals surface area contributed by atoms with Crippen LogP contribution in [0.3, 0.4) is 0 Å². The van der Waals surface area contributed by atoms with Gasteiger partial charge in [0.25, 0.3) is 0 Å². The molecular weight excluding hydrogens is 399 g/mol. The maximum Gasteiger partial charge on any atom is 0.573 e. The normalized spacial score (nSPS) is 14.9. The van der Waals surface area contributed by atoms with E-state index in [1.165, 1.54) is 18.2 Å². The number of para-hydroxylation sites is 1. The first-order valence-corrected chi connectivity index (χ1v) is 9.62. The van der Waals surface area contributed by atoms with Crippen molar-refractivity contribution < 1.29 is 27.4 Å². The molecule has 0 radical (unpaired) electrons. The number of halogens is 3. The highest BCUT2D eigenvalue weighted by Crippen LogP contribution is 2.26. The Bertz CT molecular complexity index is 839. The summed E-state index contributed by atoms with van der Waals surface area (Å²) in [5.74, 6) is -0.332. The van der Waals surface area contributed by atoms with Gasteiger partial charge in [-0.15, -0.1) is 13.2 Å². The summed E-state index contributed by atoms with van der Waals surface area (Å²) in [6.45, 7) is 4.30. The monoisotopic (exact) mass is 423 g/mol. The van der Waals surface area contributed by atoms with E-state index in [2.05, 4.69) is 20.3 Å². The molecule has 9 heteroatoms. The first kappa shape index (κ1) is 21.9. The van der Waals surface area contributed by atoms with Crippen LogP contribution >= 0.6 is 0 Å². The number of urea groups is 1. The third kappa shape index (κ3) is 7.23. The van der Waals surface area contributed by atoms with Gasteiger partial charge in [0.05, 0.1) is 13.2 Å². The number of alkyl halides is 3. The van der Waals surface area contributed by atoms with E-state index in [9.17, 15) is 18.0 Å². The van der Waals surface area contributed by atoms with E-state index < -0.39 is 12.4 Å². The Labute approximate surface area is 173 Å². The standard InChI is InChI=1S/C21H24F3N3O3/c22-21(23,24)30-19-7-2-1-6-18(19)14-26-20(28)25-13-16-4-3-5-17(12-16)15-27-8-10-29-11-9-27/h1-7,12H,8-11,13-15H2,(H2,25,26,28). The van der Waals surface area contributed by atoms with E-state index in [1.54, 1.807) is 6.07 Å². The van der Waals surface area contributed by atoms with Crippen molar-refractivity contribution in [3.05, 3.63) is 65.2 Å². The Hall–Kier alpha value is -2.78. The minimum Gasteiger partial charge on any atom is -0.405 e. The molecule has 0 aromatic heterocycles. The molecule has 30 heavy (non-hydrogen) atoms. The topological polar surface area (TPSA) is 62.8 Å². The van der Waals surface area contributed by atoms with Crippen LogP contribution in [-0.2, 0) is 24.4 Å². The third-order valence-electron chi connectivity index (χ3n) is 4.59. The second-order valence-corrected chi connectivity index (χ2v) is 6.90. The molecule has 2 N–H and O–H groups in total.